The maximum atomic E-state index is 14.6. The number of hydrogen-bond donors (Lipinski definition) is 0. The van der Waals surface area contributed by atoms with Gasteiger partial charge in [0, 0.05) is 26.7 Å². The Balaban J connectivity index is 1.67. The quantitative estimate of drug-likeness (QED) is 0.497. The first-order valence-corrected chi connectivity index (χ1v) is 13.8. The first-order chi connectivity index (χ1) is 17.2. The third-order valence-corrected chi connectivity index (χ3v) is 9.50. The van der Waals surface area contributed by atoms with Crippen LogP contribution in [0.25, 0.3) is 0 Å². The molecule has 0 spiro atoms. The highest BCUT2D eigenvalue weighted by Gasteiger charge is 2.73. The fourth-order valence-electron chi connectivity index (χ4n) is 5.78. The van der Waals surface area contributed by atoms with E-state index in [1.807, 2.05) is 0 Å². The minimum Gasteiger partial charge on any atom is -0.473 e. The smallest absolute Gasteiger partial charge is 0.303 e. The number of rotatable bonds is 4. The molecule has 0 aliphatic carbocycles. The lowest BCUT2D eigenvalue weighted by atomic mass is 10.0. The van der Waals surface area contributed by atoms with Crippen LogP contribution in [0.2, 0.25) is 0 Å². The summed E-state index contributed by atoms with van der Waals surface area (Å²) >= 11 is 2.51. The Hall–Kier alpha value is -2.86. The van der Waals surface area contributed by atoms with Gasteiger partial charge in [0.2, 0.25) is 0 Å². The highest BCUT2D eigenvalue weighted by atomic mass is 32.2. The van der Waals surface area contributed by atoms with Gasteiger partial charge in [-0.25, -0.2) is 0 Å². The highest BCUT2D eigenvalue weighted by molar-refractivity contribution is 8.01. The molecule has 0 saturated carbocycles. The van der Waals surface area contributed by atoms with Gasteiger partial charge in [0.05, 0.1) is 37.1 Å². The summed E-state index contributed by atoms with van der Waals surface area (Å²) < 4.78 is 22.1. The number of hydrogen-bond acceptors (Lipinski definition) is 10. The van der Waals surface area contributed by atoms with Crippen molar-refractivity contribution in [2.45, 2.75) is 60.7 Å². The van der Waals surface area contributed by atoms with Crippen LogP contribution >= 0.6 is 23.5 Å². The molecule has 0 radical (unpaired) electrons. The van der Waals surface area contributed by atoms with E-state index in [9.17, 15) is 19.2 Å². The topological polar surface area (TPSA) is 112 Å². The zero-order valence-electron chi connectivity index (χ0n) is 20.2. The van der Waals surface area contributed by atoms with Crippen molar-refractivity contribution >= 4 is 47.3 Å². The fraction of sp³-hybridized carbons (Fsp3) is 0.500. The molecule has 0 bridgehead atoms. The van der Waals surface area contributed by atoms with Crippen molar-refractivity contribution < 1.29 is 38.1 Å². The van der Waals surface area contributed by atoms with Gasteiger partial charge in [0.25, 0.3) is 11.8 Å². The summed E-state index contributed by atoms with van der Waals surface area (Å²) in [4.78, 5) is 53.6. The van der Waals surface area contributed by atoms with E-state index in [1.165, 1.54) is 62.4 Å². The van der Waals surface area contributed by atoms with Gasteiger partial charge in [-0.2, -0.15) is 0 Å². The van der Waals surface area contributed by atoms with Crippen molar-refractivity contribution in [3.05, 3.63) is 48.3 Å². The number of fused-ring (bicyclic) bond motifs is 6. The van der Waals surface area contributed by atoms with Gasteiger partial charge < -0.3 is 28.7 Å². The van der Waals surface area contributed by atoms with Gasteiger partial charge in [-0.15, -0.1) is 23.5 Å². The molecule has 0 aromatic carbocycles. The van der Waals surface area contributed by atoms with Crippen molar-refractivity contribution in [1.82, 2.24) is 9.80 Å². The average molecular weight is 535 g/mol. The van der Waals surface area contributed by atoms with E-state index < -0.39 is 46.0 Å². The van der Waals surface area contributed by atoms with E-state index in [1.54, 1.807) is 34.5 Å². The van der Waals surface area contributed by atoms with E-state index in [0.717, 1.165) is 0 Å². The molecule has 2 amide bonds. The van der Waals surface area contributed by atoms with Gasteiger partial charge in [-0.1, -0.05) is 0 Å². The lowest BCUT2D eigenvalue weighted by molar-refractivity contribution is -0.171. The Kier molecular flexibility index (Phi) is 6.14. The Bertz CT molecular complexity index is 1060. The highest BCUT2D eigenvalue weighted by Crippen LogP contribution is 2.59. The van der Waals surface area contributed by atoms with Gasteiger partial charge in [-0.3, -0.25) is 19.2 Å². The van der Waals surface area contributed by atoms with E-state index in [0.29, 0.717) is 11.1 Å². The molecule has 6 unspecified atom stereocenters. The Labute approximate surface area is 216 Å². The van der Waals surface area contributed by atoms with Crippen LogP contribution in [0.15, 0.2) is 48.3 Å². The Morgan fingerprint density at radius 1 is 0.833 bits per heavy atom. The Morgan fingerprint density at radius 3 is 1.56 bits per heavy atom. The number of ether oxygens (including phenoxy) is 4. The van der Waals surface area contributed by atoms with Gasteiger partial charge in [0.15, 0.2) is 9.74 Å². The lowest BCUT2D eigenvalue weighted by Crippen LogP contribution is -2.74. The SMILES string of the molecule is CSC12CC3=COC=CC(OC(C)=O)C3N1C(=O)C1(SC)CC3=COC=CC(OC(C)=O)C3N1C2=O. The minimum absolute atomic E-state index is 0.195. The van der Waals surface area contributed by atoms with Crippen molar-refractivity contribution in [1.29, 1.82) is 0 Å². The van der Waals surface area contributed by atoms with E-state index in [4.69, 9.17) is 18.9 Å². The predicted molar refractivity (Wildman–Crippen MR) is 131 cm³/mol. The van der Waals surface area contributed by atoms with Crippen LogP contribution in [-0.4, -0.2) is 80.1 Å². The predicted octanol–water partition coefficient (Wildman–Crippen LogP) is 2.04. The Morgan fingerprint density at radius 2 is 1.22 bits per heavy atom. The fourth-order valence-corrected chi connectivity index (χ4v) is 7.74. The third-order valence-electron chi connectivity index (χ3n) is 7.12. The lowest BCUT2D eigenvalue weighted by Gasteiger charge is -2.54. The van der Waals surface area contributed by atoms with Crippen LogP contribution in [0, 0.1) is 0 Å². The molecule has 5 rings (SSSR count). The van der Waals surface area contributed by atoms with E-state index >= 15 is 0 Å². The second kappa shape index (κ2) is 8.91. The number of carbonyl (C=O) groups is 4. The van der Waals surface area contributed by atoms with Crippen molar-refractivity contribution in [2.75, 3.05) is 12.5 Å². The molecule has 12 heteroatoms. The summed E-state index contributed by atoms with van der Waals surface area (Å²) in [5.41, 5.74) is 1.35. The van der Waals surface area contributed by atoms with Crippen LogP contribution in [0.3, 0.4) is 0 Å². The molecular weight excluding hydrogens is 508 g/mol. The standard InChI is InChI=1S/C24H26N2O8S2/c1-13(27)33-17-5-7-31-11-15-9-23(35-3)22(30)26-20-16(12-32-8-6-18(20)34-14(2)28)10-24(26,36-4)21(29)25(23)19(15)17/h5-8,11-12,17-20H,9-10H2,1-4H3. The molecule has 36 heavy (non-hydrogen) atoms. The molecule has 6 atom stereocenters. The summed E-state index contributed by atoms with van der Waals surface area (Å²) in [6, 6.07) is -1.41. The second-order valence-corrected chi connectivity index (χ2v) is 11.2. The number of thioether (sulfide) groups is 2. The molecule has 5 aliphatic heterocycles. The molecule has 0 N–H and O–H groups in total. The van der Waals surface area contributed by atoms with Crippen LogP contribution in [0.5, 0.6) is 0 Å². The first kappa shape index (κ1) is 24.8. The van der Waals surface area contributed by atoms with Crippen LogP contribution in [0.4, 0.5) is 0 Å². The van der Waals surface area contributed by atoms with Crippen LogP contribution in [0.1, 0.15) is 26.7 Å². The summed E-state index contributed by atoms with van der Waals surface area (Å²) in [5, 5.41) is 0. The van der Waals surface area contributed by atoms with Gasteiger partial charge >= 0.3 is 11.9 Å². The number of nitrogens with zero attached hydrogens (tertiary/aromatic N) is 2. The number of esters is 2. The summed E-state index contributed by atoms with van der Waals surface area (Å²) in [6.45, 7) is 2.60. The summed E-state index contributed by atoms with van der Waals surface area (Å²) in [5.74, 6) is -1.59. The van der Waals surface area contributed by atoms with E-state index in [2.05, 4.69) is 0 Å². The molecule has 3 fully saturated rings. The normalized spacial score (nSPS) is 36.2. The molecule has 192 valence electrons. The maximum Gasteiger partial charge on any atom is 0.303 e. The summed E-state index contributed by atoms with van der Waals surface area (Å²) in [7, 11) is 0. The van der Waals surface area contributed by atoms with Crippen molar-refractivity contribution in [3.63, 3.8) is 0 Å². The minimum atomic E-state index is -1.30. The number of amides is 2. The zero-order valence-corrected chi connectivity index (χ0v) is 21.8. The third kappa shape index (κ3) is 3.41. The van der Waals surface area contributed by atoms with Crippen LogP contribution < -0.4 is 0 Å². The molecule has 5 aliphatic rings. The average Bonchev–Trinajstić information content (AvgIpc) is 3.21. The molecule has 5 heterocycles. The zero-order chi connectivity index (χ0) is 25.8. The second-order valence-electron chi connectivity index (χ2n) is 9.03. The molecule has 0 aromatic heterocycles. The first-order valence-electron chi connectivity index (χ1n) is 11.3. The molecular formula is C24H26N2O8S2. The summed E-state index contributed by atoms with van der Waals surface area (Å²) in [6.07, 6.45) is 11.3. The van der Waals surface area contributed by atoms with Crippen LogP contribution in [-0.2, 0) is 38.1 Å². The van der Waals surface area contributed by atoms with Gasteiger partial charge in [-0.05, 0) is 35.8 Å². The number of carbonyl (C=O) groups excluding carboxylic acids is 4. The largest absolute Gasteiger partial charge is 0.473 e. The van der Waals surface area contributed by atoms with Gasteiger partial charge in [0.1, 0.15) is 12.2 Å². The molecule has 0 aromatic rings. The van der Waals surface area contributed by atoms with Crippen molar-refractivity contribution in [2.24, 2.45) is 0 Å². The molecule has 10 nitrogen and oxygen atoms in total. The maximum absolute atomic E-state index is 14.6. The van der Waals surface area contributed by atoms with Crippen molar-refractivity contribution in [3.8, 4) is 0 Å². The monoisotopic (exact) mass is 534 g/mol. The van der Waals surface area contributed by atoms with E-state index in [-0.39, 0.29) is 24.7 Å². The molecule has 3 saturated heterocycles. The number of piperazine rings is 1.